The fourth-order valence-corrected chi connectivity index (χ4v) is 4.15. The summed E-state index contributed by atoms with van der Waals surface area (Å²) in [6.45, 7) is 7.29. The molecule has 5 aromatic rings. The molecule has 40 heavy (non-hydrogen) atoms. The molecule has 7 nitrogen and oxygen atoms in total. The van der Waals surface area contributed by atoms with Crippen molar-refractivity contribution in [3.63, 3.8) is 0 Å². The number of benzene rings is 2. The fraction of sp³-hybridized carbons (Fsp3) is 0.121. The summed E-state index contributed by atoms with van der Waals surface area (Å²) in [5.41, 5.74) is 4.87. The maximum Gasteiger partial charge on any atom is 0.298 e. The van der Waals surface area contributed by atoms with E-state index in [9.17, 15) is 9.59 Å². The molecular formula is C33H25N3O4. The van der Waals surface area contributed by atoms with Gasteiger partial charge < -0.3 is 9.47 Å². The van der Waals surface area contributed by atoms with Gasteiger partial charge in [0.15, 0.2) is 0 Å². The second-order valence-corrected chi connectivity index (χ2v) is 10.1. The van der Waals surface area contributed by atoms with E-state index in [2.05, 4.69) is 77.9 Å². The molecule has 0 aliphatic rings. The number of pyridine rings is 3. The Morgan fingerprint density at radius 3 is 1.90 bits per heavy atom. The third kappa shape index (κ3) is 6.03. The molecule has 0 amide bonds. The molecule has 2 aromatic carbocycles. The van der Waals surface area contributed by atoms with Crippen molar-refractivity contribution in [3.05, 3.63) is 102 Å². The van der Waals surface area contributed by atoms with Crippen LogP contribution in [0.2, 0.25) is 0 Å². The molecule has 196 valence electrons. The quantitative estimate of drug-likeness (QED) is 0.194. The Bertz CT molecular complexity index is 1800. The number of carbonyl (C=O) groups excluding carboxylic acids is 2. The normalized spacial score (nSPS) is 10.9. The molecule has 0 atom stereocenters. The minimum atomic E-state index is 0.0888. The SMILES string of the molecule is CC(C)(C)c1ccc2cc(C#Cc3ccnc(-c4cc(OC=O)cc(-c5cc(OC=O)ccn5)n4)c3)ccc2c1. The molecule has 0 saturated carbocycles. The van der Waals surface area contributed by atoms with Gasteiger partial charge in [0.05, 0.1) is 22.8 Å². The van der Waals surface area contributed by atoms with Crippen molar-refractivity contribution in [3.8, 4) is 46.1 Å². The Labute approximate surface area is 231 Å². The monoisotopic (exact) mass is 527 g/mol. The highest BCUT2D eigenvalue weighted by atomic mass is 16.5. The van der Waals surface area contributed by atoms with Crippen molar-refractivity contribution < 1.29 is 19.1 Å². The smallest absolute Gasteiger partial charge is 0.298 e. The second-order valence-electron chi connectivity index (χ2n) is 10.1. The van der Waals surface area contributed by atoms with E-state index < -0.39 is 0 Å². The molecule has 0 saturated heterocycles. The maximum atomic E-state index is 11.1. The van der Waals surface area contributed by atoms with Crippen LogP contribution in [0.1, 0.15) is 37.5 Å². The summed E-state index contributed by atoms with van der Waals surface area (Å²) in [6.07, 6.45) is 3.15. The number of carbonyl (C=O) groups is 2. The summed E-state index contributed by atoms with van der Waals surface area (Å²) in [4.78, 5) is 35.2. The molecule has 0 aliphatic carbocycles. The largest absolute Gasteiger partial charge is 0.429 e. The van der Waals surface area contributed by atoms with Crippen molar-refractivity contribution in [1.29, 1.82) is 0 Å². The van der Waals surface area contributed by atoms with Gasteiger partial charge in [0.2, 0.25) is 0 Å². The van der Waals surface area contributed by atoms with Crippen LogP contribution < -0.4 is 9.47 Å². The lowest BCUT2D eigenvalue weighted by atomic mass is 9.86. The molecule has 0 unspecified atom stereocenters. The zero-order valence-corrected chi connectivity index (χ0v) is 22.2. The predicted molar refractivity (Wildman–Crippen MR) is 153 cm³/mol. The first kappa shape index (κ1) is 26.3. The molecule has 0 spiro atoms. The molecule has 0 N–H and O–H groups in total. The molecule has 7 heteroatoms. The zero-order valence-electron chi connectivity index (χ0n) is 22.2. The van der Waals surface area contributed by atoms with Crippen LogP contribution in [-0.4, -0.2) is 27.9 Å². The number of hydrogen-bond acceptors (Lipinski definition) is 7. The minimum absolute atomic E-state index is 0.0888. The van der Waals surface area contributed by atoms with Gasteiger partial charge in [-0.05, 0) is 52.1 Å². The number of hydrogen-bond donors (Lipinski definition) is 0. The van der Waals surface area contributed by atoms with E-state index >= 15 is 0 Å². The Morgan fingerprint density at radius 2 is 1.20 bits per heavy atom. The summed E-state index contributed by atoms with van der Waals surface area (Å²) in [7, 11) is 0. The first-order chi connectivity index (χ1) is 19.3. The second kappa shape index (κ2) is 11.2. The van der Waals surface area contributed by atoms with Crippen LogP contribution in [0.25, 0.3) is 33.5 Å². The van der Waals surface area contributed by atoms with E-state index in [-0.39, 0.29) is 11.2 Å². The van der Waals surface area contributed by atoms with Crippen LogP contribution in [0.3, 0.4) is 0 Å². The van der Waals surface area contributed by atoms with E-state index in [1.165, 1.54) is 17.1 Å². The van der Waals surface area contributed by atoms with Gasteiger partial charge in [0, 0.05) is 41.7 Å². The van der Waals surface area contributed by atoms with Gasteiger partial charge in [-0.15, -0.1) is 0 Å². The topological polar surface area (TPSA) is 91.3 Å². The average Bonchev–Trinajstić information content (AvgIpc) is 2.96. The molecule has 0 bridgehead atoms. The van der Waals surface area contributed by atoms with Crippen molar-refractivity contribution >= 4 is 23.7 Å². The van der Waals surface area contributed by atoms with Gasteiger partial charge >= 0.3 is 0 Å². The van der Waals surface area contributed by atoms with E-state index in [0.29, 0.717) is 41.5 Å². The van der Waals surface area contributed by atoms with Crippen molar-refractivity contribution in [2.45, 2.75) is 26.2 Å². The number of ether oxygens (including phenoxy) is 2. The predicted octanol–water partition coefficient (Wildman–Crippen LogP) is 6.13. The molecule has 0 aliphatic heterocycles. The third-order valence-electron chi connectivity index (χ3n) is 6.24. The molecule has 3 heterocycles. The Balaban J connectivity index is 1.47. The number of fused-ring (bicyclic) bond motifs is 1. The van der Waals surface area contributed by atoms with E-state index in [4.69, 9.17) is 9.47 Å². The number of rotatable bonds is 6. The van der Waals surface area contributed by atoms with E-state index in [1.54, 1.807) is 30.5 Å². The van der Waals surface area contributed by atoms with Gasteiger partial charge in [0.1, 0.15) is 11.5 Å². The highest BCUT2D eigenvalue weighted by Crippen LogP contribution is 2.29. The van der Waals surface area contributed by atoms with Crippen LogP contribution in [0, 0.1) is 11.8 Å². The van der Waals surface area contributed by atoms with Crippen LogP contribution in [-0.2, 0) is 15.0 Å². The van der Waals surface area contributed by atoms with Crippen LogP contribution in [0.15, 0.2) is 85.2 Å². The molecule has 0 fully saturated rings. The molecule has 5 rings (SSSR count). The third-order valence-corrected chi connectivity index (χ3v) is 6.24. The summed E-state index contributed by atoms with van der Waals surface area (Å²) in [6, 6.07) is 22.7. The Morgan fingerprint density at radius 1 is 0.625 bits per heavy atom. The molecular weight excluding hydrogens is 502 g/mol. The van der Waals surface area contributed by atoms with Gasteiger partial charge in [-0.25, -0.2) is 4.98 Å². The van der Waals surface area contributed by atoms with Gasteiger partial charge in [-0.1, -0.05) is 56.9 Å². The summed E-state index contributed by atoms with van der Waals surface area (Å²) in [5, 5.41) is 2.32. The van der Waals surface area contributed by atoms with Crippen LogP contribution in [0.5, 0.6) is 11.5 Å². The van der Waals surface area contributed by atoms with Crippen LogP contribution in [0.4, 0.5) is 0 Å². The van der Waals surface area contributed by atoms with Crippen molar-refractivity contribution in [2.75, 3.05) is 0 Å². The molecule has 0 radical (unpaired) electrons. The Kier molecular flexibility index (Phi) is 7.34. The highest BCUT2D eigenvalue weighted by Gasteiger charge is 2.14. The van der Waals surface area contributed by atoms with Gasteiger partial charge in [-0.3, -0.25) is 19.6 Å². The van der Waals surface area contributed by atoms with Crippen LogP contribution >= 0.6 is 0 Å². The Hall–Kier alpha value is -5.35. The maximum absolute atomic E-state index is 11.1. The number of nitrogens with zero attached hydrogens (tertiary/aromatic N) is 3. The van der Waals surface area contributed by atoms with Crippen molar-refractivity contribution in [1.82, 2.24) is 15.0 Å². The number of aromatic nitrogens is 3. The van der Waals surface area contributed by atoms with E-state index in [0.717, 1.165) is 16.5 Å². The lowest BCUT2D eigenvalue weighted by molar-refractivity contribution is -0.121. The first-order valence-electron chi connectivity index (χ1n) is 12.5. The molecule has 3 aromatic heterocycles. The first-order valence-corrected chi connectivity index (χ1v) is 12.5. The standard InChI is InChI=1S/C33H25N3O4/c1-33(2,3)26-9-8-24-14-22(6-7-25(24)16-26)4-5-23-10-12-34-29(15-23)31-18-28(40-21-38)19-32(36-31)30-17-27(39-20-37)11-13-35-30/h6-21H,1-3H3. The van der Waals surface area contributed by atoms with E-state index in [1.807, 2.05) is 18.2 Å². The van der Waals surface area contributed by atoms with Gasteiger partial charge in [-0.2, -0.15) is 0 Å². The summed E-state index contributed by atoms with van der Waals surface area (Å²) in [5.74, 6) is 7.03. The fourth-order valence-electron chi connectivity index (χ4n) is 4.15. The highest BCUT2D eigenvalue weighted by molar-refractivity contribution is 5.85. The average molecular weight is 528 g/mol. The lowest BCUT2D eigenvalue weighted by Gasteiger charge is -2.19. The zero-order chi connectivity index (χ0) is 28.1. The summed E-state index contributed by atoms with van der Waals surface area (Å²) < 4.78 is 10.0. The summed E-state index contributed by atoms with van der Waals surface area (Å²) >= 11 is 0. The lowest BCUT2D eigenvalue weighted by Crippen LogP contribution is -2.10. The van der Waals surface area contributed by atoms with Gasteiger partial charge in [0.25, 0.3) is 12.9 Å². The van der Waals surface area contributed by atoms with Crippen molar-refractivity contribution in [2.24, 2.45) is 0 Å². The minimum Gasteiger partial charge on any atom is -0.429 e.